The molecule has 1 atom stereocenters. The summed E-state index contributed by atoms with van der Waals surface area (Å²) in [5, 5.41) is 4.97. The fourth-order valence-corrected chi connectivity index (χ4v) is 2.78. The van der Waals surface area contributed by atoms with E-state index in [0.29, 0.717) is 6.04 Å². The van der Waals surface area contributed by atoms with E-state index in [-0.39, 0.29) is 0 Å². The number of aromatic nitrogens is 1. The van der Waals surface area contributed by atoms with Crippen LogP contribution in [0.25, 0.3) is 10.9 Å². The van der Waals surface area contributed by atoms with Crippen LogP contribution in [-0.2, 0) is 6.42 Å². The van der Waals surface area contributed by atoms with Gasteiger partial charge in [-0.15, -0.1) is 0 Å². The van der Waals surface area contributed by atoms with Crippen molar-refractivity contribution in [3.8, 4) is 0 Å². The number of benzene rings is 1. The van der Waals surface area contributed by atoms with Crippen molar-refractivity contribution >= 4 is 10.9 Å². The molecule has 2 nitrogen and oxygen atoms in total. The van der Waals surface area contributed by atoms with Crippen LogP contribution in [0.2, 0.25) is 0 Å². The van der Waals surface area contributed by atoms with Crippen molar-refractivity contribution in [2.24, 2.45) is 0 Å². The van der Waals surface area contributed by atoms with Crippen molar-refractivity contribution < 1.29 is 0 Å². The lowest BCUT2D eigenvalue weighted by Gasteiger charge is -2.10. The summed E-state index contributed by atoms with van der Waals surface area (Å²) in [5.41, 5.74) is 4.10. The zero-order valence-corrected chi connectivity index (χ0v) is 9.72. The third-order valence-corrected chi connectivity index (χ3v) is 3.64. The zero-order valence-electron chi connectivity index (χ0n) is 9.72. The van der Waals surface area contributed by atoms with Crippen LogP contribution in [0, 0.1) is 6.92 Å². The lowest BCUT2D eigenvalue weighted by molar-refractivity contribution is 0.603. The second kappa shape index (κ2) is 3.95. The second-order valence-electron chi connectivity index (χ2n) is 4.77. The Hall–Kier alpha value is -1.28. The molecule has 1 aromatic carbocycles. The highest BCUT2D eigenvalue weighted by atomic mass is 14.9. The second-order valence-corrected chi connectivity index (χ2v) is 4.77. The first-order chi connectivity index (χ1) is 7.84. The quantitative estimate of drug-likeness (QED) is 0.790. The summed E-state index contributed by atoms with van der Waals surface area (Å²) in [7, 11) is 0. The van der Waals surface area contributed by atoms with Crippen LogP contribution in [-0.4, -0.2) is 17.6 Å². The van der Waals surface area contributed by atoms with Gasteiger partial charge < -0.3 is 10.3 Å². The number of hydrogen-bond acceptors (Lipinski definition) is 1. The highest BCUT2D eigenvalue weighted by Crippen LogP contribution is 2.24. The standard InChI is InChI=1S/C14H18N2/c1-10-13(9-11-5-4-8-15-11)12-6-2-3-7-14(12)16-10/h2-3,6-7,11,15-16H,4-5,8-9H2,1H3. The molecular weight excluding hydrogens is 196 g/mol. The Morgan fingerprint density at radius 2 is 2.19 bits per heavy atom. The smallest absolute Gasteiger partial charge is 0.0458 e. The molecule has 1 fully saturated rings. The highest BCUT2D eigenvalue weighted by Gasteiger charge is 2.17. The summed E-state index contributed by atoms with van der Waals surface area (Å²) >= 11 is 0. The molecule has 0 amide bonds. The number of rotatable bonds is 2. The van der Waals surface area contributed by atoms with Crippen LogP contribution in [0.15, 0.2) is 24.3 Å². The molecule has 0 radical (unpaired) electrons. The van der Waals surface area contributed by atoms with Gasteiger partial charge in [0.1, 0.15) is 0 Å². The van der Waals surface area contributed by atoms with E-state index in [1.54, 1.807) is 0 Å². The number of H-pyrrole nitrogens is 1. The maximum absolute atomic E-state index is 3.57. The fraction of sp³-hybridized carbons (Fsp3) is 0.429. The minimum absolute atomic E-state index is 0.679. The topological polar surface area (TPSA) is 27.8 Å². The number of nitrogens with one attached hydrogen (secondary N) is 2. The third kappa shape index (κ3) is 1.63. The Labute approximate surface area is 96.1 Å². The molecule has 16 heavy (non-hydrogen) atoms. The van der Waals surface area contributed by atoms with Gasteiger partial charge in [-0.25, -0.2) is 0 Å². The van der Waals surface area contributed by atoms with E-state index in [2.05, 4.69) is 41.5 Å². The lowest BCUT2D eigenvalue weighted by atomic mass is 10.0. The van der Waals surface area contributed by atoms with E-state index in [1.165, 1.54) is 41.5 Å². The van der Waals surface area contributed by atoms with Crippen LogP contribution >= 0.6 is 0 Å². The number of fused-ring (bicyclic) bond motifs is 1. The van der Waals surface area contributed by atoms with E-state index in [4.69, 9.17) is 0 Å². The number of hydrogen-bond donors (Lipinski definition) is 2. The number of para-hydroxylation sites is 1. The van der Waals surface area contributed by atoms with Crippen molar-refractivity contribution in [2.75, 3.05) is 6.54 Å². The molecule has 1 aliphatic rings. The van der Waals surface area contributed by atoms with Crippen molar-refractivity contribution in [3.05, 3.63) is 35.5 Å². The van der Waals surface area contributed by atoms with Crippen molar-refractivity contribution in [1.29, 1.82) is 0 Å². The maximum atomic E-state index is 3.57. The summed E-state index contributed by atoms with van der Waals surface area (Å²) < 4.78 is 0. The first kappa shape index (κ1) is 9.91. The average molecular weight is 214 g/mol. The van der Waals surface area contributed by atoms with Crippen LogP contribution in [0.4, 0.5) is 0 Å². The summed E-state index contributed by atoms with van der Waals surface area (Å²) in [6.45, 7) is 3.37. The minimum atomic E-state index is 0.679. The molecular formula is C14H18N2. The maximum Gasteiger partial charge on any atom is 0.0458 e. The first-order valence-electron chi connectivity index (χ1n) is 6.14. The van der Waals surface area contributed by atoms with Gasteiger partial charge in [-0.2, -0.15) is 0 Å². The van der Waals surface area contributed by atoms with Gasteiger partial charge in [0.05, 0.1) is 0 Å². The van der Waals surface area contributed by atoms with Gasteiger partial charge >= 0.3 is 0 Å². The summed E-state index contributed by atoms with van der Waals surface area (Å²) in [5.74, 6) is 0. The van der Waals surface area contributed by atoms with Crippen LogP contribution in [0.3, 0.4) is 0 Å². The predicted octanol–water partition coefficient (Wildman–Crippen LogP) is 2.77. The van der Waals surface area contributed by atoms with Crippen molar-refractivity contribution in [2.45, 2.75) is 32.2 Å². The summed E-state index contributed by atoms with van der Waals surface area (Å²) in [6.07, 6.45) is 3.81. The molecule has 0 saturated carbocycles. The van der Waals surface area contributed by atoms with Crippen molar-refractivity contribution in [1.82, 2.24) is 10.3 Å². The van der Waals surface area contributed by atoms with E-state index >= 15 is 0 Å². The number of aromatic amines is 1. The molecule has 0 aliphatic carbocycles. The average Bonchev–Trinajstić information content (AvgIpc) is 2.89. The van der Waals surface area contributed by atoms with Gasteiger partial charge in [-0.1, -0.05) is 18.2 Å². The van der Waals surface area contributed by atoms with Crippen LogP contribution in [0.5, 0.6) is 0 Å². The SMILES string of the molecule is Cc1[nH]c2ccccc2c1CC1CCCN1. The fourth-order valence-electron chi connectivity index (χ4n) is 2.78. The zero-order chi connectivity index (χ0) is 11.0. The molecule has 0 bridgehead atoms. The normalized spacial score (nSPS) is 20.7. The molecule has 1 unspecified atom stereocenters. The molecule has 2 heteroatoms. The van der Waals surface area contributed by atoms with E-state index in [9.17, 15) is 0 Å². The Morgan fingerprint density at radius 1 is 1.31 bits per heavy atom. The lowest BCUT2D eigenvalue weighted by Crippen LogP contribution is -2.23. The molecule has 2 aromatic rings. The van der Waals surface area contributed by atoms with Gasteiger partial charge in [0.25, 0.3) is 0 Å². The minimum Gasteiger partial charge on any atom is -0.358 e. The molecule has 3 rings (SSSR count). The predicted molar refractivity (Wildman–Crippen MR) is 67.8 cm³/mol. The Bertz CT molecular complexity index is 492. The Kier molecular flexibility index (Phi) is 2.44. The van der Waals surface area contributed by atoms with Gasteiger partial charge in [0, 0.05) is 22.6 Å². The van der Waals surface area contributed by atoms with Crippen LogP contribution in [0.1, 0.15) is 24.1 Å². The van der Waals surface area contributed by atoms with Gasteiger partial charge in [-0.3, -0.25) is 0 Å². The van der Waals surface area contributed by atoms with E-state index in [1.807, 2.05) is 0 Å². The summed E-state index contributed by atoms with van der Waals surface area (Å²) in [6, 6.07) is 9.28. The number of aryl methyl sites for hydroxylation is 1. The molecule has 1 saturated heterocycles. The van der Waals surface area contributed by atoms with Gasteiger partial charge in [0.2, 0.25) is 0 Å². The first-order valence-corrected chi connectivity index (χ1v) is 6.14. The molecule has 0 spiro atoms. The summed E-state index contributed by atoms with van der Waals surface area (Å²) in [4.78, 5) is 3.47. The Balaban J connectivity index is 1.98. The van der Waals surface area contributed by atoms with Gasteiger partial charge in [-0.05, 0) is 44.4 Å². The monoisotopic (exact) mass is 214 g/mol. The largest absolute Gasteiger partial charge is 0.358 e. The van der Waals surface area contributed by atoms with E-state index in [0.717, 1.165) is 6.42 Å². The molecule has 1 aliphatic heterocycles. The van der Waals surface area contributed by atoms with E-state index < -0.39 is 0 Å². The van der Waals surface area contributed by atoms with Gasteiger partial charge in [0.15, 0.2) is 0 Å². The molecule has 84 valence electrons. The molecule has 1 aromatic heterocycles. The van der Waals surface area contributed by atoms with Crippen molar-refractivity contribution in [3.63, 3.8) is 0 Å². The molecule has 2 heterocycles. The Morgan fingerprint density at radius 3 is 3.00 bits per heavy atom. The third-order valence-electron chi connectivity index (χ3n) is 3.64. The molecule has 2 N–H and O–H groups in total. The highest BCUT2D eigenvalue weighted by molar-refractivity contribution is 5.84. The van der Waals surface area contributed by atoms with Crippen LogP contribution < -0.4 is 5.32 Å².